The molecule has 2 aromatic carbocycles. The largest absolute Gasteiger partial charge is 0.397 e. The van der Waals surface area contributed by atoms with Crippen LogP contribution in [0.25, 0.3) is 11.3 Å². The number of halogens is 1. The molecule has 0 unspecified atom stereocenters. The highest BCUT2D eigenvalue weighted by Gasteiger charge is 2.03. The van der Waals surface area contributed by atoms with Crippen LogP contribution in [0, 0.1) is 3.57 Å². The standard InChI is InChI=1S/C17H14IN3/c18-13-7-8-17(15(19)11-13)21-14-5-3-4-12(10-14)16-6-1-2-9-20-16/h1-11,21H,19H2. The van der Waals surface area contributed by atoms with E-state index in [9.17, 15) is 0 Å². The van der Waals surface area contributed by atoms with Gasteiger partial charge in [0.25, 0.3) is 0 Å². The van der Waals surface area contributed by atoms with Crippen molar-refractivity contribution >= 4 is 39.7 Å². The first-order valence-corrected chi connectivity index (χ1v) is 7.64. The van der Waals surface area contributed by atoms with Crippen LogP contribution < -0.4 is 11.1 Å². The summed E-state index contributed by atoms with van der Waals surface area (Å²) in [6.07, 6.45) is 1.80. The third-order valence-corrected chi connectivity index (χ3v) is 3.79. The van der Waals surface area contributed by atoms with Crippen molar-refractivity contribution in [2.45, 2.75) is 0 Å². The van der Waals surface area contributed by atoms with Crippen LogP contribution >= 0.6 is 22.6 Å². The van der Waals surface area contributed by atoms with Gasteiger partial charge in [0.15, 0.2) is 0 Å². The van der Waals surface area contributed by atoms with Gasteiger partial charge in [-0.25, -0.2) is 0 Å². The maximum atomic E-state index is 6.04. The highest BCUT2D eigenvalue weighted by Crippen LogP contribution is 2.27. The van der Waals surface area contributed by atoms with Gasteiger partial charge in [-0.05, 0) is 65.1 Å². The first-order valence-electron chi connectivity index (χ1n) is 6.56. The van der Waals surface area contributed by atoms with Gasteiger partial charge in [-0.3, -0.25) is 4.98 Å². The van der Waals surface area contributed by atoms with Crippen molar-refractivity contribution in [3.8, 4) is 11.3 Å². The second-order valence-electron chi connectivity index (χ2n) is 4.65. The molecule has 0 radical (unpaired) electrons. The molecule has 0 aliphatic carbocycles. The van der Waals surface area contributed by atoms with Gasteiger partial charge < -0.3 is 11.1 Å². The average Bonchev–Trinajstić information content (AvgIpc) is 2.51. The van der Waals surface area contributed by atoms with E-state index in [0.717, 1.165) is 31.9 Å². The maximum Gasteiger partial charge on any atom is 0.0702 e. The molecule has 0 atom stereocenters. The Morgan fingerprint density at radius 2 is 1.86 bits per heavy atom. The zero-order valence-corrected chi connectivity index (χ0v) is 13.4. The van der Waals surface area contributed by atoms with Crippen LogP contribution in [0.15, 0.2) is 66.9 Å². The summed E-state index contributed by atoms with van der Waals surface area (Å²) < 4.78 is 1.12. The minimum atomic E-state index is 0.741. The summed E-state index contributed by atoms with van der Waals surface area (Å²) in [4.78, 5) is 4.37. The number of nitrogens with one attached hydrogen (secondary N) is 1. The number of nitrogens with two attached hydrogens (primary N) is 1. The van der Waals surface area contributed by atoms with E-state index in [1.807, 2.05) is 54.6 Å². The molecule has 0 fully saturated rings. The minimum absolute atomic E-state index is 0.741. The molecule has 0 aliphatic heterocycles. The lowest BCUT2D eigenvalue weighted by Gasteiger charge is -2.11. The Balaban J connectivity index is 1.90. The summed E-state index contributed by atoms with van der Waals surface area (Å²) in [7, 11) is 0. The third kappa shape index (κ3) is 3.33. The monoisotopic (exact) mass is 387 g/mol. The topological polar surface area (TPSA) is 50.9 Å². The number of nitrogen functional groups attached to an aromatic ring is 1. The van der Waals surface area contributed by atoms with E-state index in [0.29, 0.717) is 0 Å². The fraction of sp³-hybridized carbons (Fsp3) is 0. The first kappa shape index (κ1) is 13.9. The van der Waals surface area contributed by atoms with Gasteiger partial charge in [0.1, 0.15) is 0 Å². The SMILES string of the molecule is Nc1cc(I)ccc1Nc1cccc(-c2ccccn2)c1. The summed E-state index contributed by atoms with van der Waals surface area (Å²) in [5.74, 6) is 0. The number of aromatic nitrogens is 1. The fourth-order valence-electron chi connectivity index (χ4n) is 2.09. The third-order valence-electron chi connectivity index (χ3n) is 3.12. The lowest BCUT2D eigenvalue weighted by atomic mass is 10.1. The smallest absolute Gasteiger partial charge is 0.0702 e. The summed E-state index contributed by atoms with van der Waals surface area (Å²) in [6.45, 7) is 0. The van der Waals surface area contributed by atoms with E-state index >= 15 is 0 Å². The lowest BCUT2D eigenvalue weighted by Crippen LogP contribution is -1.97. The lowest BCUT2D eigenvalue weighted by molar-refractivity contribution is 1.33. The van der Waals surface area contributed by atoms with Gasteiger partial charge in [0, 0.05) is 21.0 Å². The molecule has 1 heterocycles. The number of hydrogen-bond acceptors (Lipinski definition) is 3. The van der Waals surface area contributed by atoms with Crippen LogP contribution in [0.2, 0.25) is 0 Å². The van der Waals surface area contributed by atoms with Crippen LogP contribution in [0.3, 0.4) is 0 Å². The average molecular weight is 387 g/mol. The van der Waals surface area contributed by atoms with Crippen molar-refractivity contribution in [3.05, 3.63) is 70.4 Å². The summed E-state index contributed by atoms with van der Waals surface area (Å²) in [6, 6.07) is 20.0. The van der Waals surface area contributed by atoms with Crippen molar-refractivity contribution in [2.75, 3.05) is 11.1 Å². The van der Waals surface area contributed by atoms with Gasteiger partial charge in [-0.1, -0.05) is 18.2 Å². The number of pyridine rings is 1. The Kier molecular flexibility index (Phi) is 4.06. The number of benzene rings is 2. The van der Waals surface area contributed by atoms with Crippen molar-refractivity contribution in [3.63, 3.8) is 0 Å². The van der Waals surface area contributed by atoms with Gasteiger partial charge in [0.05, 0.1) is 17.1 Å². The fourth-order valence-corrected chi connectivity index (χ4v) is 2.61. The molecule has 104 valence electrons. The van der Waals surface area contributed by atoms with Crippen LogP contribution in [0.5, 0.6) is 0 Å². The molecule has 0 saturated carbocycles. The summed E-state index contributed by atoms with van der Waals surface area (Å²) >= 11 is 2.25. The number of nitrogens with zero attached hydrogens (tertiary/aromatic N) is 1. The molecule has 0 amide bonds. The van der Waals surface area contributed by atoms with E-state index < -0.39 is 0 Å². The van der Waals surface area contributed by atoms with Crippen LogP contribution in [0.4, 0.5) is 17.1 Å². The summed E-state index contributed by atoms with van der Waals surface area (Å²) in [5, 5.41) is 3.35. The van der Waals surface area contributed by atoms with Crippen LogP contribution in [-0.2, 0) is 0 Å². The molecular weight excluding hydrogens is 373 g/mol. The van der Waals surface area contributed by atoms with E-state index in [1.54, 1.807) is 6.20 Å². The Morgan fingerprint density at radius 1 is 0.952 bits per heavy atom. The van der Waals surface area contributed by atoms with Gasteiger partial charge >= 0.3 is 0 Å². The number of rotatable bonds is 3. The van der Waals surface area contributed by atoms with Crippen molar-refractivity contribution in [1.29, 1.82) is 0 Å². The summed E-state index contributed by atoms with van der Waals surface area (Å²) in [5.41, 5.74) is 10.7. The Bertz CT molecular complexity index is 757. The molecule has 3 nitrogen and oxygen atoms in total. The molecule has 0 spiro atoms. The number of hydrogen-bond donors (Lipinski definition) is 2. The molecular formula is C17H14IN3. The van der Waals surface area contributed by atoms with Crippen LogP contribution in [0.1, 0.15) is 0 Å². The molecule has 3 aromatic rings. The minimum Gasteiger partial charge on any atom is -0.397 e. The van der Waals surface area contributed by atoms with E-state index in [1.165, 1.54) is 0 Å². The second-order valence-corrected chi connectivity index (χ2v) is 5.90. The Morgan fingerprint density at radius 3 is 2.62 bits per heavy atom. The Labute approximate surface area is 137 Å². The highest BCUT2D eigenvalue weighted by atomic mass is 127. The molecule has 1 aromatic heterocycles. The zero-order valence-electron chi connectivity index (χ0n) is 11.3. The molecule has 0 aliphatic rings. The second kappa shape index (κ2) is 6.13. The first-order chi connectivity index (χ1) is 10.2. The van der Waals surface area contributed by atoms with Crippen molar-refractivity contribution in [2.24, 2.45) is 0 Å². The van der Waals surface area contributed by atoms with E-state index in [-0.39, 0.29) is 0 Å². The molecule has 3 N–H and O–H groups in total. The van der Waals surface area contributed by atoms with Crippen molar-refractivity contribution < 1.29 is 0 Å². The zero-order chi connectivity index (χ0) is 14.7. The maximum absolute atomic E-state index is 6.04. The molecule has 4 heteroatoms. The molecule has 21 heavy (non-hydrogen) atoms. The van der Waals surface area contributed by atoms with Gasteiger partial charge in [0.2, 0.25) is 0 Å². The predicted molar refractivity (Wildman–Crippen MR) is 96.5 cm³/mol. The van der Waals surface area contributed by atoms with Crippen molar-refractivity contribution in [1.82, 2.24) is 4.98 Å². The van der Waals surface area contributed by atoms with Gasteiger partial charge in [-0.15, -0.1) is 0 Å². The quantitative estimate of drug-likeness (QED) is 0.507. The molecule has 0 saturated heterocycles. The highest BCUT2D eigenvalue weighted by molar-refractivity contribution is 14.1. The van der Waals surface area contributed by atoms with E-state index in [4.69, 9.17) is 5.73 Å². The normalized spacial score (nSPS) is 10.3. The van der Waals surface area contributed by atoms with Gasteiger partial charge in [-0.2, -0.15) is 0 Å². The molecule has 3 rings (SSSR count). The van der Waals surface area contributed by atoms with E-state index in [2.05, 4.69) is 39.0 Å². The Hall–Kier alpha value is -2.08. The molecule has 0 bridgehead atoms. The number of anilines is 3. The van der Waals surface area contributed by atoms with Crippen LogP contribution in [-0.4, -0.2) is 4.98 Å². The predicted octanol–water partition coefficient (Wildman–Crippen LogP) is 4.68.